The molecule has 0 heterocycles. The third-order valence-electron chi connectivity index (χ3n) is 5.06. The summed E-state index contributed by atoms with van der Waals surface area (Å²) in [5, 5.41) is 0. The van der Waals surface area contributed by atoms with Gasteiger partial charge in [0.2, 0.25) is 0 Å². The Morgan fingerprint density at radius 1 is 1.10 bits per heavy atom. The molecule has 4 unspecified atom stereocenters. The molecule has 10 heavy (non-hydrogen) atoms. The van der Waals surface area contributed by atoms with Crippen LogP contribution in [-0.4, -0.2) is 0 Å². The maximum atomic E-state index is 2.46. The van der Waals surface area contributed by atoms with Crippen LogP contribution in [0.2, 0.25) is 0 Å². The fourth-order valence-electron chi connectivity index (χ4n) is 3.91. The van der Waals surface area contributed by atoms with Crippen LogP contribution in [-0.2, 0) is 0 Å². The van der Waals surface area contributed by atoms with E-state index in [2.05, 4.69) is 13.8 Å². The molecule has 3 saturated carbocycles. The molecule has 1 spiro atoms. The van der Waals surface area contributed by atoms with E-state index in [1.54, 1.807) is 19.3 Å². The van der Waals surface area contributed by atoms with Crippen LogP contribution in [0.3, 0.4) is 0 Å². The number of rotatable bonds is 0. The molecule has 3 aliphatic carbocycles. The van der Waals surface area contributed by atoms with Crippen molar-refractivity contribution in [2.45, 2.75) is 33.1 Å². The highest BCUT2D eigenvalue weighted by molar-refractivity contribution is 5.21. The second kappa shape index (κ2) is 1.31. The van der Waals surface area contributed by atoms with Crippen LogP contribution in [0.15, 0.2) is 0 Å². The quantitative estimate of drug-likeness (QED) is 0.480. The summed E-state index contributed by atoms with van der Waals surface area (Å²) in [7, 11) is 0. The van der Waals surface area contributed by atoms with Crippen molar-refractivity contribution in [3.63, 3.8) is 0 Å². The Labute approximate surface area is 63.0 Å². The smallest absolute Gasteiger partial charge is 0.0207 e. The first-order chi connectivity index (χ1) is 4.77. The van der Waals surface area contributed by atoms with E-state index in [9.17, 15) is 0 Å². The molecule has 56 valence electrons. The number of hydrogen-bond donors (Lipinski definition) is 0. The van der Waals surface area contributed by atoms with Gasteiger partial charge in [-0.15, -0.1) is 0 Å². The average molecular weight is 136 g/mol. The molecule has 0 aromatic heterocycles. The number of fused-ring (bicyclic) bond motifs is 2. The van der Waals surface area contributed by atoms with E-state index in [0.717, 1.165) is 17.3 Å². The molecule has 0 nitrogen and oxygen atoms in total. The summed E-state index contributed by atoms with van der Waals surface area (Å²) in [6.45, 7) is 4.92. The second-order valence-corrected chi connectivity index (χ2v) is 4.84. The maximum Gasteiger partial charge on any atom is -0.0207 e. The zero-order valence-electron chi connectivity index (χ0n) is 6.93. The van der Waals surface area contributed by atoms with Crippen molar-refractivity contribution in [2.75, 3.05) is 0 Å². The van der Waals surface area contributed by atoms with E-state index in [-0.39, 0.29) is 0 Å². The Hall–Kier alpha value is 0. The van der Waals surface area contributed by atoms with Crippen LogP contribution < -0.4 is 0 Å². The van der Waals surface area contributed by atoms with Crippen molar-refractivity contribution in [3.8, 4) is 0 Å². The molecule has 0 aliphatic heterocycles. The van der Waals surface area contributed by atoms with Crippen LogP contribution in [0.4, 0.5) is 0 Å². The fraction of sp³-hybridized carbons (Fsp3) is 1.00. The van der Waals surface area contributed by atoms with Gasteiger partial charge in [-0.05, 0) is 48.3 Å². The van der Waals surface area contributed by atoms with Gasteiger partial charge in [-0.2, -0.15) is 0 Å². The Bertz CT molecular complexity index is 174. The predicted octanol–water partition coefficient (Wildman–Crippen LogP) is 2.69. The molecule has 0 amide bonds. The van der Waals surface area contributed by atoms with Gasteiger partial charge in [0.05, 0.1) is 0 Å². The Morgan fingerprint density at radius 3 is 1.90 bits per heavy atom. The molecule has 0 N–H and O–H groups in total. The summed E-state index contributed by atoms with van der Waals surface area (Å²) in [4.78, 5) is 0. The van der Waals surface area contributed by atoms with Crippen LogP contribution in [0.5, 0.6) is 0 Å². The van der Waals surface area contributed by atoms with Crippen molar-refractivity contribution in [2.24, 2.45) is 29.1 Å². The minimum absolute atomic E-state index is 0.906. The molecule has 3 fully saturated rings. The lowest BCUT2D eigenvalue weighted by atomic mass is 9.49. The first-order valence-corrected chi connectivity index (χ1v) is 4.77. The van der Waals surface area contributed by atoms with Crippen molar-refractivity contribution >= 4 is 0 Å². The average Bonchev–Trinajstić information content (AvgIpc) is 2.37. The standard InChI is InChI=1S/C10H16/c1-6-7(2)10(6)5-8-3-4-9(8)10/h6-9H,3-5H2,1-2H3. The molecule has 4 atom stereocenters. The summed E-state index contributed by atoms with van der Waals surface area (Å²) >= 11 is 0. The number of hydrogen-bond acceptors (Lipinski definition) is 0. The van der Waals surface area contributed by atoms with Crippen molar-refractivity contribution in [1.29, 1.82) is 0 Å². The highest BCUT2D eigenvalue weighted by atomic mass is 14.8. The van der Waals surface area contributed by atoms with Gasteiger partial charge >= 0.3 is 0 Å². The first-order valence-electron chi connectivity index (χ1n) is 4.77. The van der Waals surface area contributed by atoms with Crippen molar-refractivity contribution in [3.05, 3.63) is 0 Å². The molecule has 0 bridgehead atoms. The molecule has 3 aliphatic rings. The molecule has 0 aromatic carbocycles. The highest BCUT2D eigenvalue weighted by Gasteiger charge is 2.72. The van der Waals surface area contributed by atoms with Gasteiger partial charge in [0.25, 0.3) is 0 Å². The van der Waals surface area contributed by atoms with Gasteiger partial charge < -0.3 is 0 Å². The minimum atomic E-state index is 0.906. The van der Waals surface area contributed by atoms with Gasteiger partial charge in [-0.25, -0.2) is 0 Å². The summed E-state index contributed by atoms with van der Waals surface area (Å²) in [5.41, 5.74) is 0.906. The van der Waals surface area contributed by atoms with E-state index >= 15 is 0 Å². The molecule has 0 radical (unpaired) electrons. The molecular weight excluding hydrogens is 120 g/mol. The predicted molar refractivity (Wildman–Crippen MR) is 41.6 cm³/mol. The zero-order valence-corrected chi connectivity index (χ0v) is 6.93. The van der Waals surface area contributed by atoms with E-state index in [1.807, 2.05) is 0 Å². The Morgan fingerprint density at radius 2 is 1.80 bits per heavy atom. The maximum absolute atomic E-state index is 2.46. The monoisotopic (exact) mass is 136 g/mol. The van der Waals surface area contributed by atoms with Crippen molar-refractivity contribution in [1.82, 2.24) is 0 Å². The largest absolute Gasteiger partial charge is 0.0617 e. The summed E-state index contributed by atoms with van der Waals surface area (Å²) in [6, 6.07) is 0. The van der Waals surface area contributed by atoms with E-state index in [1.165, 1.54) is 11.8 Å². The summed E-state index contributed by atoms with van der Waals surface area (Å²) in [6.07, 6.45) is 4.73. The van der Waals surface area contributed by atoms with Crippen LogP contribution in [0, 0.1) is 29.1 Å². The fourth-order valence-corrected chi connectivity index (χ4v) is 3.91. The SMILES string of the molecule is CC1C(C)C12CC1CCC12. The summed E-state index contributed by atoms with van der Waals surface area (Å²) < 4.78 is 0. The summed E-state index contributed by atoms with van der Waals surface area (Å²) in [5.74, 6) is 4.54. The molecule has 3 rings (SSSR count). The lowest BCUT2D eigenvalue weighted by Gasteiger charge is -2.55. The molecular formula is C10H16. The second-order valence-electron chi connectivity index (χ2n) is 4.84. The van der Waals surface area contributed by atoms with Gasteiger partial charge in [-0.3, -0.25) is 0 Å². The van der Waals surface area contributed by atoms with E-state index in [4.69, 9.17) is 0 Å². The van der Waals surface area contributed by atoms with Crippen LogP contribution >= 0.6 is 0 Å². The molecule has 0 saturated heterocycles. The van der Waals surface area contributed by atoms with Gasteiger partial charge in [0.1, 0.15) is 0 Å². The lowest BCUT2D eigenvalue weighted by Crippen LogP contribution is -2.47. The van der Waals surface area contributed by atoms with E-state index in [0.29, 0.717) is 0 Å². The third-order valence-corrected chi connectivity index (χ3v) is 5.06. The first kappa shape index (κ1) is 5.62. The third kappa shape index (κ3) is 0.339. The van der Waals surface area contributed by atoms with Gasteiger partial charge in [0.15, 0.2) is 0 Å². The minimum Gasteiger partial charge on any atom is -0.0617 e. The van der Waals surface area contributed by atoms with Gasteiger partial charge in [0, 0.05) is 0 Å². The van der Waals surface area contributed by atoms with E-state index < -0.39 is 0 Å². The molecule has 0 heteroatoms. The van der Waals surface area contributed by atoms with Crippen molar-refractivity contribution < 1.29 is 0 Å². The Balaban J connectivity index is 1.85. The normalized spacial score (nSPS) is 70.2. The zero-order chi connectivity index (χ0) is 6.93. The van der Waals surface area contributed by atoms with Gasteiger partial charge in [-0.1, -0.05) is 13.8 Å². The molecule has 0 aromatic rings. The topological polar surface area (TPSA) is 0 Å². The lowest BCUT2D eigenvalue weighted by molar-refractivity contribution is -0.0618. The Kier molecular flexibility index (Phi) is 0.735. The van der Waals surface area contributed by atoms with Crippen LogP contribution in [0.1, 0.15) is 33.1 Å². The van der Waals surface area contributed by atoms with Crippen LogP contribution in [0.25, 0.3) is 0 Å². The highest BCUT2D eigenvalue weighted by Crippen LogP contribution is 2.79.